The van der Waals surface area contributed by atoms with Gasteiger partial charge in [-0.1, -0.05) is 22.6 Å². The molecule has 0 bridgehead atoms. The Labute approximate surface area is 67.1 Å². The van der Waals surface area contributed by atoms with Gasteiger partial charge in [-0.25, -0.2) is 0 Å². The molecule has 0 saturated carbocycles. The molecule has 1 unspecified atom stereocenters. The highest BCUT2D eigenvalue weighted by molar-refractivity contribution is 14.1. The summed E-state index contributed by atoms with van der Waals surface area (Å²) in [5.41, 5.74) is 0. The van der Waals surface area contributed by atoms with Crippen molar-refractivity contribution in [1.82, 2.24) is 0 Å². The maximum atomic E-state index is 10.5. The molecule has 0 aromatic heterocycles. The molecule has 0 aliphatic carbocycles. The zero-order valence-electron chi connectivity index (χ0n) is 4.93. The summed E-state index contributed by atoms with van der Waals surface area (Å²) in [6, 6.07) is 1.87. The highest BCUT2D eigenvalue weighted by Gasteiger charge is 2.13. The lowest BCUT2D eigenvalue weighted by atomic mass is 10.3. The molecule has 0 aromatic carbocycles. The minimum absolute atomic E-state index is 0.216. The van der Waals surface area contributed by atoms with Gasteiger partial charge in [0.15, 0.2) is 0 Å². The van der Waals surface area contributed by atoms with Gasteiger partial charge in [0.1, 0.15) is 3.92 Å². The molecule has 50 valence electrons. The lowest BCUT2D eigenvalue weighted by molar-refractivity contribution is -0.139. The first-order chi connectivity index (χ1) is 4.22. The van der Waals surface area contributed by atoms with Crippen molar-refractivity contribution >= 4 is 28.6 Å². The summed E-state index contributed by atoms with van der Waals surface area (Å²) >= 11 is 1.87. The number of rotatable bonds is 2. The van der Waals surface area contributed by atoms with E-state index in [2.05, 4.69) is 4.74 Å². The molecule has 0 aliphatic rings. The minimum atomic E-state index is -0.336. The average molecular weight is 239 g/mol. The second kappa shape index (κ2) is 4.56. The number of hydrogen-bond donors (Lipinski definition) is 0. The van der Waals surface area contributed by atoms with Crippen molar-refractivity contribution in [3.63, 3.8) is 0 Å². The summed E-state index contributed by atoms with van der Waals surface area (Å²) in [5.74, 6) is -0.336. The number of nitrogens with zero attached hydrogens (tertiary/aromatic N) is 1. The number of carbonyl (C=O) groups is 1. The number of methoxy groups -OCH3 is 1. The third-order valence-electron chi connectivity index (χ3n) is 0.727. The summed E-state index contributed by atoms with van der Waals surface area (Å²) in [5, 5.41) is 8.12. The van der Waals surface area contributed by atoms with Gasteiger partial charge in [0.05, 0.1) is 19.6 Å². The molecule has 9 heavy (non-hydrogen) atoms. The van der Waals surface area contributed by atoms with Crippen LogP contribution in [-0.4, -0.2) is 17.0 Å². The first kappa shape index (κ1) is 8.69. The van der Waals surface area contributed by atoms with Crippen LogP contribution in [0.1, 0.15) is 6.42 Å². The summed E-state index contributed by atoms with van der Waals surface area (Å²) in [4.78, 5) is 10.5. The molecule has 0 amide bonds. The zero-order chi connectivity index (χ0) is 7.28. The van der Waals surface area contributed by atoms with Crippen LogP contribution in [0.5, 0.6) is 0 Å². The molecular formula is C5H6INO2. The maximum absolute atomic E-state index is 10.5. The highest BCUT2D eigenvalue weighted by Crippen LogP contribution is 2.05. The van der Waals surface area contributed by atoms with Crippen LogP contribution in [-0.2, 0) is 9.53 Å². The maximum Gasteiger partial charge on any atom is 0.319 e. The molecule has 0 saturated heterocycles. The van der Waals surface area contributed by atoms with Crippen LogP contribution in [0.2, 0.25) is 0 Å². The van der Waals surface area contributed by atoms with Gasteiger partial charge in [0, 0.05) is 0 Å². The van der Waals surface area contributed by atoms with Crippen LogP contribution in [0, 0.1) is 11.3 Å². The molecule has 0 N–H and O–H groups in total. The van der Waals surface area contributed by atoms with Gasteiger partial charge in [-0.2, -0.15) is 5.26 Å². The van der Waals surface area contributed by atoms with E-state index in [1.165, 1.54) is 7.11 Å². The SMILES string of the molecule is COC(=O)C(I)CC#N. The molecule has 4 heteroatoms. The second-order valence-electron chi connectivity index (χ2n) is 1.35. The normalized spacial score (nSPS) is 11.7. The second-order valence-corrected chi connectivity index (χ2v) is 2.86. The molecule has 0 rings (SSSR count). The van der Waals surface area contributed by atoms with Crippen molar-refractivity contribution in [3.05, 3.63) is 0 Å². The Kier molecular flexibility index (Phi) is 4.40. The van der Waals surface area contributed by atoms with Crippen molar-refractivity contribution in [3.8, 4) is 6.07 Å². The number of nitriles is 1. The number of carbonyl (C=O) groups excluding carboxylic acids is 1. The summed E-state index contributed by atoms with van der Waals surface area (Å²) in [7, 11) is 1.31. The predicted octanol–water partition coefficient (Wildman–Crippen LogP) is 0.877. The number of hydrogen-bond acceptors (Lipinski definition) is 3. The third-order valence-corrected chi connectivity index (χ3v) is 1.68. The Hall–Kier alpha value is -0.310. The summed E-state index contributed by atoms with van der Waals surface area (Å²) in [6.45, 7) is 0. The summed E-state index contributed by atoms with van der Waals surface area (Å²) < 4.78 is 4.05. The van der Waals surface area contributed by atoms with Gasteiger partial charge in [0.2, 0.25) is 0 Å². The Morgan fingerprint density at radius 2 is 2.56 bits per heavy atom. The molecule has 0 fully saturated rings. The third kappa shape index (κ3) is 3.30. The largest absolute Gasteiger partial charge is 0.468 e. The van der Waals surface area contributed by atoms with Gasteiger partial charge in [0.25, 0.3) is 0 Å². The molecule has 0 aromatic rings. The van der Waals surface area contributed by atoms with E-state index in [4.69, 9.17) is 5.26 Å². The number of alkyl halides is 1. The van der Waals surface area contributed by atoms with Crippen LogP contribution in [0.4, 0.5) is 0 Å². The topological polar surface area (TPSA) is 50.1 Å². The fraction of sp³-hybridized carbons (Fsp3) is 0.600. The number of ether oxygens (including phenoxy) is 1. The van der Waals surface area contributed by atoms with Gasteiger partial charge in [-0.15, -0.1) is 0 Å². The van der Waals surface area contributed by atoms with Gasteiger partial charge in [-0.05, 0) is 0 Å². The van der Waals surface area contributed by atoms with Crippen LogP contribution in [0.25, 0.3) is 0 Å². The van der Waals surface area contributed by atoms with E-state index in [0.717, 1.165) is 0 Å². The van der Waals surface area contributed by atoms with Gasteiger partial charge in [-0.3, -0.25) is 4.79 Å². The van der Waals surface area contributed by atoms with Gasteiger partial charge < -0.3 is 4.74 Å². The van der Waals surface area contributed by atoms with E-state index < -0.39 is 0 Å². The lowest BCUT2D eigenvalue weighted by Crippen LogP contribution is -2.14. The lowest BCUT2D eigenvalue weighted by Gasteiger charge is -1.99. The van der Waals surface area contributed by atoms with Crippen molar-refractivity contribution in [2.45, 2.75) is 10.3 Å². The monoisotopic (exact) mass is 239 g/mol. The standard InChI is InChI=1S/C5H6INO2/c1-9-5(8)4(6)2-3-7/h4H,2H2,1H3. The Morgan fingerprint density at radius 1 is 2.00 bits per heavy atom. The fourth-order valence-electron chi connectivity index (χ4n) is 0.291. The zero-order valence-corrected chi connectivity index (χ0v) is 7.08. The molecule has 1 atom stereocenters. The van der Waals surface area contributed by atoms with Crippen molar-refractivity contribution in [2.75, 3.05) is 7.11 Å². The first-order valence-corrected chi connectivity index (χ1v) is 3.55. The molecule has 0 aliphatic heterocycles. The molecule has 0 radical (unpaired) electrons. The van der Waals surface area contributed by atoms with Crippen molar-refractivity contribution < 1.29 is 9.53 Å². The van der Waals surface area contributed by atoms with E-state index in [1.54, 1.807) is 0 Å². The van der Waals surface area contributed by atoms with Crippen LogP contribution < -0.4 is 0 Å². The van der Waals surface area contributed by atoms with Crippen LogP contribution >= 0.6 is 22.6 Å². The molecular weight excluding hydrogens is 233 g/mol. The molecule has 0 heterocycles. The van der Waals surface area contributed by atoms with E-state index in [1.807, 2.05) is 28.7 Å². The Bertz CT molecular complexity index is 140. The molecule has 3 nitrogen and oxygen atoms in total. The van der Waals surface area contributed by atoms with E-state index >= 15 is 0 Å². The van der Waals surface area contributed by atoms with Crippen molar-refractivity contribution in [2.24, 2.45) is 0 Å². The number of halogens is 1. The van der Waals surface area contributed by atoms with Crippen molar-refractivity contribution in [1.29, 1.82) is 5.26 Å². The van der Waals surface area contributed by atoms with E-state index in [9.17, 15) is 4.79 Å². The quantitative estimate of drug-likeness (QED) is 0.408. The highest BCUT2D eigenvalue weighted by atomic mass is 127. The van der Waals surface area contributed by atoms with E-state index in [-0.39, 0.29) is 16.3 Å². The fourth-order valence-corrected chi connectivity index (χ4v) is 0.743. The Morgan fingerprint density at radius 3 is 2.89 bits per heavy atom. The number of esters is 1. The summed E-state index contributed by atoms with van der Waals surface area (Å²) in [6.07, 6.45) is 0.216. The molecule has 0 spiro atoms. The minimum Gasteiger partial charge on any atom is -0.468 e. The van der Waals surface area contributed by atoms with Gasteiger partial charge >= 0.3 is 5.97 Å². The Balaban J connectivity index is 3.62. The predicted molar refractivity (Wildman–Crippen MR) is 40.1 cm³/mol. The average Bonchev–Trinajstić information content (AvgIpc) is 1.87. The van der Waals surface area contributed by atoms with E-state index in [0.29, 0.717) is 0 Å². The smallest absolute Gasteiger partial charge is 0.319 e. The first-order valence-electron chi connectivity index (χ1n) is 2.31. The van der Waals surface area contributed by atoms with Crippen LogP contribution in [0.3, 0.4) is 0 Å². The van der Waals surface area contributed by atoms with Crippen LogP contribution in [0.15, 0.2) is 0 Å².